The molecule has 1 fully saturated rings. The number of hydrogen-bond acceptors (Lipinski definition) is 7. The number of nitrogens with zero attached hydrogens (tertiary/aromatic N) is 2. The van der Waals surface area contributed by atoms with E-state index in [-0.39, 0.29) is 12.7 Å². The van der Waals surface area contributed by atoms with Crippen LogP contribution in [0.1, 0.15) is 43.0 Å². The third-order valence-electron chi connectivity index (χ3n) is 7.57. The van der Waals surface area contributed by atoms with Crippen molar-refractivity contribution in [3.05, 3.63) is 123 Å². The van der Waals surface area contributed by atoms with Crippen molar-refractivity contribution in [3.8, 4) is 5.75 Å². The Kier molecular flexibility index (Phi) is 12.7. The lowest BCUT2D eigenvalue weighted by molar-refractivity contribution is -0.189. The Hall–Kier alpha value is -3.57. The SMILES string of the molecule is CC(C)(C)OC(=O)NCCNCc1ccc(OC[C@@H]2CO[C@@](Cn3ccnc3)(c3ccc(Cl)cc3Cl)O2)cc1C/C=C/c1ccc(Cl)cc1. The highest BCUT2D eigenvalue weighted by Crippen LogP contribution is 2.40. The Morgan fingerprint density at radius 3 is 2.57 bits per heavy atom. The zero-order valence-electron chi connectivity index (χ0n) is 27.8. The van der Waals surface area contributed by atoms with Crippen molar-refractivity contribution in [1.82, 2.24) is 20.2 Å². The zero-order chi connectivity index (χ0) is 34.9. The Balaban J connectivity index is 1.24. The quantitative estimate of drug-likeness (QED) is 0.127. The fourth-order valence-electron chi connectivity index (χ4n) is 5.31. The lowest BCUT2D eigenvalue weighted by Crippen LogP contribution is -2.36. The van der Waals surface area contributed by atoms with Gasteiger partial charge in [0.15, 0.2) is 0 Å². The summed E-state index contributed by atoms with van der Waals surface area (Å²) in [5.41, 5.74) is 3.41. The summed E-state index contributed by atoms with van der Waals surface area (Å²) in [4.78, 5) is 16.1. The lowest BCUT2D eigenvalue weighted by atomic mass is 10.0. The van der Waals surface area contributed by atoms with Gasteiger partial charge in [-0.1, -0.05) is 71.2 Å². The van der Waals surface area contributed by atoms with Crippen LogP contribution in [0.2, 0.25) is 15.1 Å². The molecule has 0 saturated carbocycles. The zero-order valence-corrected chi connectivity index (χ0v) is 30.0. The van der Waals surface area contributed by atoms with Crippen molar-refractivity contribution in [2.24, 2.45) is 0 Å². The molecule has 0 spiro atoms. The minimum atomic E-state index is -1.14. The molecule has 1 aliphatic rings. The highest BCUT2D eigenvalue weighted by atomic mass is 35.5. The number of rotatable bonds is 14. The number of hydrogen-bond donors (Lipinski definition) is 2. The molecule has 0 unspecified atom stereocenters. The molecule has 0 aliphatic carbocycles. The van der Waals surface area contributed by atoms with Crippen molar-refractivity contribution < 1.29 is 23.7 Å². The van der Waals surface area contributed by atoms with E-state index in [4.69, 9.17) is 53.8 Å². The van der Waals surface area contributed by atoms with Crippen LogP contribution < -0.4 is 15.4 Å². The fraction of sp³-hybridized carbons (Fsp3) is 0.351. The number of ether oxygens (including phenoxy) is 4. The van der Waals surface area contributed by atoms with Gasteiger partial charge in [0.25, 0.3) is 0 Å². The predicted molar refractivity (Wildman–Crippen MR) is 193 cm³/mol. The number of aromatic nitrogens is 2. The minimum Gasteiger partial charge on any atom is -0.491 e. The van der Waals surface area contributed by atoms with E-state index in [2.05, 4.69) is 33.8 Å². The molecule has 12 heteroatoms. The van der Waals surface area contributed by atoms with Crippen molar-refractivity contribution in [3.63, 3.8) is 0 Å². The second kappa shape index (κ2) is 16.9. The molecule has 1 aliphatic heterocycles. The van der Waals surface area contributed by atoms with Crippen molar-refractivity contribution in [2.75, 3.05) is 26.3 Å². The molecule has 9 nitrogen and oxygen atoms in total. The van der Waals surface area contributed by atoms with Crippen LogP contribution in [-0.2, 0) is 39.5 Å². The number of benzene rings is 3. The lowest BCUT2D eigenvalue weighted by Gasteiger charge is -2.30. The van der Waals surface area contributed by atoms with Crippen molar-refractivity contribution >= 4 is 47.0 Å². The largest absolute Gasteiger partial charge is 0.491 e. The van der Waals surface area contributed by atoms with E-state index in [9.17, 15) is 4.79 Å². The van der Waals surface area contributed by atoms with E-state index in [0.717, 1.165) is 16.7 Å². The van der Waals surface area contributed by atoms with Gasteiger partial charge in [-0.25, -0.2) is 9.78 Å². The van der Waals surface area contributed by atoms with Gasteiger partial charge >= 0.3 is 6.09 Å². The van der Waals surface area contributed by atoms with E-state index >= 15 is 0 Å². The topological polar surface area (TPSA) is 95.9 Å². The van der Waals surface area contributed by atoms with E-state index < -0.39 is 17.5 Å². The smallest absolute Gasteiger partial charge is 0.407 e. The molecule has 49 heavy (non-hydrogen) atoms. The van der Waals surface area contributed by atoms with Crippen LogP contribution in [0.15, 0.2) is 85.5 Å². The molecular formula is C37H41Cl3N4O5. The summed E-state index contributed by atoms with van der Waals surface area (Å²) in [5.74, 6) is -0.424. The first-order chi connectivity index (χ1) is 23.5. The molecule has 5 rings (SSSR count). The van der Waals surface area contributed by atoms with E-state index in [1.165, 1.54) is 0 Å². The normalized spacial score (nSPS) is 17.8. The molecule has 260 valence electrons. The van der Waals surface area contributed by atoms with Gasteiger partial charge in [0.2, 0.25) is 5.79 Å². The molecule has 2 heterocycles. The molecule has 0 radical (unpaired) electrons. The van der Waals surface area contributed by atoms with Crippen LogP contribution in [-0.4, -0.2) is 53.7 Å². The van der Waals surface area contributed by atoms with Gasteiger partial charge < -0.3 is 34.1 Å². The van der Waals surface area contributed by atoms with Gasteiger partial charge in [0.05, 0.1) is 24.5 Å². The van der Waals surface area contributed by atoms with Crippen LogP contribution in [0.4, 0.5) is 4.79 Å². The summed E-state index contributed by atoms with van der Waals surface area (Å²) in [7, 11) is 0. The number of amides is 1. The van der Waals surface area contributed by atoms with Crippen molar-refractivity contribution in [1.29, 1.82) is 0 Å². The molecule has 1 aromatic heterocycles. The van der Waals surface area contributed by atoms with Crippen LogP contribution in [0.25, 0.3) is 6.08 Å². The Morgan fingerprint density at radius 1 is 1.04 bits per heavy atom. The summed E-state index contributed by atoms with van der Waals surface area (Å²) in [6, 6.07) is 19.0. The first kappa shape index (κ1) is 36.7. The maximum Gasteiger partial charge on any atom is 0.407 e. The van der Waals surface area contributed by atoms with Crippen LogP contribution >= 0.6 is 34.8 Å². The van der Waals surface area contributed by atoms with E-state index in [1.807, 2.05) is 74.0 Å². The van der Waals surface area contributed by atoms with Gasteiger partial charge in [0.1, 0.15) is 24.1 Å². The summed E-state index contributed by atoms with van der Waals surface area (Å²) in [6.07, 6.45) is 9.33. The highest BCUT2D eigenvalue weighted by molar-refractivity contribution is 6.35. The molecular weight excluding hydrogens is 687 g/mol. The van der Waals surface area contributed by atoms with Crippen LogP contribution in [0.5, 0.6) is 5.75 Å². The standard InChI is InChI=1S/C37H41Cl3N4O5/c1-36(2,3)49-35(45)43-16-15-41-21-28-9-13-31(19-27(28)6-4-5-26-7-10-29(38)11-8-26)46-22-32-23-47-37(48-32,24-44-18-17-42-25-44)33-14-12-30(39)20-34(33)40/h4-5,7-14,17-20,25,32,41H,6,15-16,21-24H2,1-3H3,(H,43,45)/b5-4+/t32-,37-/m1/s1. The minimum absolute atomic E-state index is 0.269. The predicted octanol–water partition coefficient (Wildman–Crippen LogP) is 8.06. The molecule has 4 aromatic rings. The maximum atomic E-state index is 12.0. The van der Waals surface area contributed by atoms with Gasteiger partial charge in [-0.15, -0.1) is 0 Å². The Bertz CT molecular complexity index is 1710. The summed E-state index contributed by atoms with van der Waals surface area (Å²) >= 11 is 18.9. The summed E-state index contributed by atoms with van der Waals surface area (Å²) in [5, 5.41) is 7.87. The first-order valence-electron chi connectivity index (χ1n) is 16.1. The van der Waals surface area contributed by atoms with Crippen LogP contribution in [0.3, 0.4) is 0 Å². The second-order valence-corrected chi connectivity index (χ2v) is 13.9. The Morgan fingerprint density at radius 2 is 1.84 bits per heavy atom. The summed E-state index contributed by atoms with van der Waals surface area (Å²) in [6.45, 7) is 8.07. The summed E-state index contributed by atoms with van der Waals surface area (Å²) < 4.78 is 26.4. The number of allylic oxidation sites excluding steroid dienone is 1. The molecule has 1 saturated heterocycles. The van der Waals surface area contributed by atoms with Crippen molar-refractivity contribution in [2.45, 2.75) is 57.8 Å². The number of alkyl carbamates (subject to hydrolysis) is 1. The molecule has 2 atom stereocenters. The van der Waals surface area contributed by atoms with Gasteiger partial charge in [-0.05, 0) is 80.3 Å². The number of carbonyl (C=O) groups is 1. The monoisotopic (exact) mass is 726 g/mol. The number of imidazole rings is 1. The van der Waals surface area contributed by atoms with E-state index in [1.54, 1.807) is 24.7 Å². The van der Waals surface area contributed by atoms with E-state index in [0.29, 0.717) is 65.6 Å². The fourth-order valence-corrected chi connectivity index (χ4v) is 5.98. The maximum absolute atomic E-state index is 12.0. The number of carbonyl (C=O) groups excluding carboxylic acids is 1. The van der Waals surface area contributed by atoms with Crippen LogP contribution in [0, 0.1) is 0 Å². The Labute approximate surface area is 302 Å². The molecule has 3 aromatic carbocycles. The first-order valence-corrected chi connectivity index (χ1v) is 17.2. The average Bonchev–Trinajstić information content (AvgIpc) is 3.71. The molecule has 1 amide bonds. The molecule has 2 N–H and O–H groups in total. The number of nitrogens with one attached hydrogen (secondary N) is 2. The number of halogens is 3. The average molecular weight is 728 g/mol. The van der Waals surface area contributed by atoms with Gasteiger partial charge in [-0.2, -0.15) is 0 Å². The van der Waals surface area contributed by atoms with Gasteiger partial charge in [0, 0.05) is 47.6 Å². The highest BCUT2D eigenvalue weighted by Gasteiger charge is 2.45. The molecule has 0 bridgehead atoms. The second-order valence-electron chi connectivity index (χ2n) is 12.7. The third kappa shape index (κ3) is 11.0. The van der Waals surface area contributed by atoms with Gasteiger partial charge in [-0.3, -0.25) is 0 Å². The third-order valence-corrected chi connectivity index (χ3v) is 8.37.